The number of hydrogen-bond donors (Lipinski definition) is 1. The fourth-order valence-electron chi connectivity index (χ4n) is 2.02. The standard InChI is InChI=1S/C13H15N3O2/c1-16-6-9(5-15-16)7-17-10-2-3-11-12(14)8-18-13(11)4-10/h2-6,12H,7-8,14H2,1H3. The summed E-state index contributed by atoms with van der Waals surface area (Å²) >= 11 is 0. The Balaban J connectivity index is 1.70. The van der Waals surface area contributed by atoms with Gasteiger partial charge >= 0.3 is 0 Å². The zero-order chi connectivity index (χ0) is 12.5. The summed E-state index contributed by atoms with van der Waals surface area (Å²) in [5.41, 5.74) is 7.97. The van der Waals surface area contributed by atoms with Crippen LogP contribution in [0.3, 0.4) is 0 Å². The molecular formula is C13H15N3O2. The molecule has 1 unspecified atom stereocenters. The van der Waals surface area contributed by atoms with Gasteiger partial charge in [0.25, 0.3) is 0 Å². The van der Waals surface area contributed by atoms with E-state index in [0.717, 1.165) is 22.6 Å². The first-order chi connectivity index (χ1) is 8.72. The fourth-order valence-corrected chi connectivity index (χ4v) is 2.02. The zero-order valence-corrected chi connectivity index (χ0v) is 10.2. The maximum Gasteiger partial charge on any atom is 0.127 e. The van der Waals surface area contributed by atoms with Crippen molar-refractivity contribution in [1.82, 2.24) is 9.78 Å². The molecule has 1 aliphatic rings. The van der Waals surface area contributed by atoms with Crippen LogP contribution in [0.25, 0.3) is 0 Å². The van der Waals surface area contributed by atoms with Gasteiger partial charge in [0.05, 0.1) is 12.2 Å². The molecule has 1 atom stereocenters. The summed E-state index contributed by atoms with van der Waals surface area (Å²) in [5, 5.41) is 4.09. The molecule has 0 radical (unpaired) electrons. The van der Waals surface area contributed by atoms with Crippen LogP contribution in [0.1, 0.15) is 17.2 Å². The van der Waals surface area contributed by atoms with Gasteiger partial charge in [-0.15, -0.1) is 0 Å². The molecule has 18 heavy (non-hydrogen) atoms. The number of rotatable bonds is 3. The third-order valence-corrected chi connectivity index (χ3v) is 2.97. The summed E-state index contributed by atoms with van der Waals surface area (Å²) in [5.74, 6) is 1.61. The Morgan fingerprint density at radius 2 is 2.44 bits per heavy atom. The lowest BCUT2D eigenvalue weighted by atomic mass is 10.1. The minimum Gasteiger partial charge on any atom is -0.491 e. The molecule has 1 aliphatic heterocycles. The van der Waals surface area contributed by atoms with Crippen molar-refractivity contribution in [2.24, 2.45) is 12.8 Å². The average molecular weight is 245 g/mol. The topological polar surface area (TPSA) is 62.3 Å². The summed E-state index contributed by atoms with van der Waals surface area (Å²) < 4.78 is 12.9. The summed E-state index contributed by atoms with van der Waals surface area (Å²) in [4.78, 5) is 0. The molecule has 5 nitrogen and oxygen atoms in total. The van der Waals surface area contributed by atoms with Crippen molar-refractivity contribution >= 4 is 0 Å². The molecule has 0 amide bonds. The molecule has 2 aromatic rings. The second-order valence-corrected chi connectivity index (χ2v) is 4.43. The number of benzene rings is 1. The van der Waals surface area contributed by atoms with Gasteiger partial charge < -0.3 is 15.2 Å². The number of aryl methyl sites for hydroxylation is 1. The number of hydrogen-bond acceptors (Lipinski definition) is 4. The highest BCUT2D eigenvalue weighted by Gasteiger charge is 2.20. The lowest BCUT2D eigenvalue weighted by molar-refractivity contribution is 0.301. The van der Waals surface area contributed by atoms with Crippen LogP contribution in [0.4, 0.5) is 0 Å². The summed E-state index contributed by atoms with van der Waals surface area (Å²) in [7, 11) is 1.88. The van der Waals surface area contributed by atoms with Crippen LogP contribution in [0, 0.1) is 0 Å². The van der Waals surface area contributed by atoms with Gasteiger partial charge in [0.1, 0.15) is 24.7 Å². The van der Waals surface area contributed by atoms with Gasteiger partial charge in [-0.3, -0.25) is 4.68 Å². The van der Waals surface area contributed by atoms with E-state index in [1.807, 2.05) is 31.4 Å². The summed E-state index contributed by atoms with van der Waals surface area (Å²) in [6.07, 6.45) is 3.72. The van der Waals surface area contributed by atoms with Crippen LogP contribution in [-0.4, -0.2) is 16.4 Å². The molecule has 0 saturated heterocycles. The smallest absolute Gasteiger partial charge is 0.127 e. The monoisotopic (exact) mass is 245 g/mol. The predicted molar refractivity (Wildman–Crippen MR) is 66.4 cm³/mol. The molecule has 2 heterocycles. The van der Waals surface area contributed by atoms with Crippen molar-refractivity contribution in [3.8, 4) is 11.5 Å². The van der Waals surface area contributed by atoms with E-state index < -0.39 is 0 Å². The molecule has 1 aromatic heterocycles. The number of ether oxygens (including phenoxy) is 2. The molecule has 0 fully saturated rings. The molecule has 5 heteroatoms. The highest BCUT2D eigenvalue weighted by Crippen LogP contribution is 2.34. The summed E-state index contributed by atoms with van der Waals surface area (Å²) in [6, 6.07) is 5.75. The Morgan fingerprint density at radius 1 is 1.56 bits per heavy atom. The van der Waals surface area contributed by atoms with Gasteiger partial charge in [0, 0.05) is 30.4 Å². The molecule has 0 saturated carbocycles. The normalized spacial score (nSPS) is 17.3. The zero-order valence-electron chi connectivity index (χ0n) is 10.2. The van der Waals surface area contributed by atoms with E-state index in [1.165, 1.54) is 0 Å². The van der Waals surface area contributed by atoms with Gasteiger partial charge in [-0.05, 0) is 12.1 Å². The van der Waals surface area contributed by atoms with Crippen LogP contribution in [0.2, 0.25) is 0 Å². The van der Waals surface area contributed by atoms with E-state index in [9.17, 15) is 0 Å². The van der Waals surface area contributed by atoms with Gasteiger partial charge in [-0.2, -0.15) is 5.10 Å². The number of aromatic nitrogens is 2. The van der Waals surface area contributed by atoms with Gasteiger partial charge in [0.15, 0.2) is 0 Å². The summed E-state index contributed by atoms with van der Waals surface area (Å²) in [6.45, 7) is 1.04. The quantitative estimate of drug-likeness (QED) is 0.887. The second kappa shape index (κ2) is 4.34. The SMILES string of the molecule is Cn1cc(COc2ccc3c(c2)OCC3N)cn1. The molecule has 0 spiro atoms. The number of fused-ring (bicyclic) bond motifs is 1. The minimum absolute atomic E-state index is 0.0210. The average Bonchev–Trinajstić information content (AvgIpc) is 2.94. The van der Waals surface area contributed by atoms with E-state index in [4.69, 9.17) is 15.2 Å². The molecule has 94 valence electrons. The minimum atomic E-state index is -0.0210. The van der Waals surface area contributed by atoms with Gasteiger partial charge in [0.2, 0.25) is 0 Å². The van der Waals surface area contributed by atoms with E-state index in [0.29, 0.717) is 13.2 Å². The Hall–Kier alpha value is -2.01. The highest BCUT2D eigenvalue weighted by atomic mass is 16.5. The Morgan fingerprint density at radius 3 is 3.22 bits per heavy atom. The van der Waals surface area contributed by atoms with Crippen LogP contribution in [0.15, 0.2) is 30.6 Å². The first kappa shape index (κ1) is 11.1. The fraction of sp³-hybridized carbons (Fsp3) is 0.308. The van der Waals surface area contributed by atoms with Crippen LogP contribution < -0.4 is 15.2 Å². The Kier molecular flexibility index (Phi) is 2.68. The van der Waals surface area contributed by atoms with Crippen molar-refractivity contribution in [3.63, 3.8) is 0 Å². The maximum atomic E-state index is 5.89. The number of nitrogens with two attached hydrogens (primary N) is 1. The highest BCUT2D eigenvalue weighted by molar-refractivity contribution is 5.44. The second-order valence-electron chi connectivity index (χ2n) is 4.43. The van der Waals surface area contributed by atoms with Gasteiger partial charge in [-0.1, -0.05) is 0 Å². The van der Waals surface area contributed by atoms with E-state index in [1.54, 1.807) is 10.9 Å². The van der Waals surface area contributed by atoms with Crippen LogP contribution in [0.5, 0.6) is 11.5 Å². The molecule has 0 aliphatic carbocycles. The largest absolute Gasteiger partial charge is 0.491 e. The van der Waals surface area contributed by atoms with Crippen molar-refractivity contribution in [2.45, 2.75) is 12.6 Å². The van der Waals surface area contributed by atoms with E-state index in [-0.39, 0.29) is 6.04 Å². The first-order valence-electron chi connectivity index (χ1n) is 5.85. The third-order valence-electron chi connectivity index (χ3n) is 2.97. The van der Waals surface area contributed by atoms with Crippen molar-refractivity contribution in [2.75, 3.05) is 6.61 Å². The van der Waals surface area contributed by atoms with Gasteiger partial charge in [-0.25, -0.2) is 0 Å². The predicted octanol–water partition coefficient (Wildman–Crippen LogP) is 1.39. The van der Waals surface area contributed by atoms with Crippen LogP contribution >= 0.6 is 0 Å². The Labute approximate surface area is 105 Å². The van der Waals surface area contributed by atoms with Crippen molar-refractivity contribution < 1.29 is 9.47 Å². The van der Waals surface area contributed by atoms with Crippen LogP contribution in [-0.2, 0) is 13.7 Å². The molecule has 2 N–H and O–H groups in total. The first-order valence-corrected chi connectivity index (χ1v) is 5.85. The van der Waals surface area contributed by atoms with E-state index in [2.05, 4.69) is 5.10 Å². The maximum absolute atomic E-state index is 5.89. The molecule has 1 aromatic carbocycles. The molecule has 0 bridgehead atoms. The van der Waals surface area contributed by atoms with E-state index >= 15 is 0 Å². The lowest BCUT2D eigenvalue weighted by Gasteiger charge is -2.06. The number of nitrogens with zero attached hydrogens (tertiary/aromatic N) is 2. The third kappa shape index (κ3) is 2.04. The van der Waals surface area contributed by atoms with Crippen molar-refractivity contribution in [1.29, 1.82) is 0 Å². The Bertz CT molecular complexity index is 565. The lowest BCUT2D eigenvalue weighted by Crippen LogP contribution is -2.10. The van der Waals surface area contributed by atoms with Crippen molar-refractivity contribution in [3.05, 3.63) is 41.7 Å². The molecular weight excluding hydrogens is 230 g/mol. The molecule has 3 rings (SSSR count).